The van der Waals surface area contributed by atoms with Crippen molar-refractivity contribution in [2.45, 2.75) is 25.8 Å². The van der Waals surface area contributed by atoms with E-state index in [1.807, 2.05) is 6.92 Å². The Morgan fingerprint density at radius 2 is 2.13 bits per heavy atom. The van der Waals surface area contributed by atoms with Crippen LogP contribution in [0.5, 0.6) is 0 Å². The van der Waals surface area contributed by atoms with Crippen LogP contribution in [0.25, 0.3) is 0 Å². The lowest BCUT2D eigenvalue weighted by atomic mass is 10.2. The maximum atomic E-state index is 10.3. The molecule has 0 aromatic rings. The third kappa shape index (κ3) is 11.3. The summed E-state index contributed by atoms with van der Waals surface area (Å²) in [5.41, 5.74) is 0. The average Bonchev–Trinajstić information content (AvgIpc) is 2.20. The molecular weight excluding hydrogens is 198 g/mol. The standard InChI is InChI=1S/C10H21NO4/c1-9(3-4-10(12)13)11-5-6-15-8-7-14-2/h9,11H,3-8H2,1-2H3,(H,12,13). The predicted molar refractivity (Wildman–Crippen MR) is 57.0 cm³/mol. The van der Waals surface area contributed by atoms with Crippen LogP contribution in [0.4, 0.5) is 0 Å². The van der Waals surface area contributed by atoms with Crippen molar-refractivity contribution in [1.29, 1.82) is 0 Å². The van der Waals surface area contributed by atoms with Crippen LogP contribution in [0, 0.1) is 0 Å². The monoisotopic (exact) mass is 219 g/mol. The Labute approximate surface area is 90.8 Å². The normalized spacial score (nSPS) is 12.7. The van der Waals surface area contributed by atoms with Gasteiger partial charge < -0.3 is 19.9 Å². The van der Waals surface area contributed by atoms with E-state index in [1.165, 1.54) is 0 Å². The molecule has 1 atom stereocenters. The average molecular weight is 219 g/mol. The maximum Gasteiger partial charge on any atom is 0.303 e. The summed E-state index contributed by atoms with van der Waals surface area (Å²) in [5, 5.41) is 11.7. The molecule has 5 nitrogen and oxygen atoms in total. The summed E-state index contributed by atoms with van der Waals surface area (Å²) in [5.74, 6) is -0.750. The van der Waals surface area contributed by atoms with Gasteiger partial charge in [0.05, 0.1) is 19.8 Å². The molecular formula is C10H21NO4. The fraction of sp³-hybridized carbons (Fsp3) is 0.900. The molecule has 0 aromatic heterocycles. The molecule has 0 aliphatic heterocycles. The van der Waals surface area contributed by atoms with Crippen LogP contribution in [-0.4, -0.2) is 50.6 Å². The molecule has 0 heterocycles. The van der Waals surface area contributed by atoms with Gasteiger partial charge in [-0.1, -0.05) is 0 Å². The minimum absolute atomic E-state index is 0.207. The van der Waals surface area contributed by atoms with Gasteiger partial charge >= 0.3 is 5.97 Å². The van der Waals surface area contributed by atoms with Crippen molar-refractivity contribution in [1.82, 2.24) is 5.32 Å². The maximum absolute atomic E-state index is 10.3. The molecule has 15 heavy (non-hydrogen) atoms. The number of hydrogen-bond acceptors (Lipinski definition) is 4. The first-order valence-corrected chi connectivity index (χ1v) is 5.18. The van der Waals surface area contributed by atoms with Gasteiger partial charge in [0.2, 0.25) is 0 Å². The fourth-order valence-electron chi connectivity index (χ4n) is 1.06. The van der Waals surface area contributed by atoms with Crippen LogP contribution in [0.15, 0.2) is 0 Å². The third-order valence-corrected chi connectivity index (χ3v) is 1.96. The van der Waals surface area contributed by atoms with Crippen molar-refractivity contribution in [2.75, 3.05) is 33.5 Å². The number of hydrogen-bond donors (Lipinski definition) is 2. The Morgan fingerprint density at radius 1 is 1.40 bits per heavy atom. The van der Waals surface area contributed by atoms with Gasteiger partial charge in [-0.2, -0.15) is 0 Å². The van der Waals surface area contributed by atoms with Gasteiger partial charge in [-0.05, 0) is 13.3 Å². The first-order chi connectivity index (χ1) is 7.16. The molecule has 0 radical (unpaired) electrons. The highest BCUT2D eigenvalue weighted by Crippen LogP contribution is 1.95. The minimum Gasteiger partial charge on any atom is -0.481 e. The van der Waals surface area contributed by atoms with E-state index in [0.717, 1.165) is 6.54 Å². The van der Waals surface area contributed by atoms with E-state index in [1.54, 1.807) is 7.11 Å². The van der Waals surface area contributed by atoms with Crippen LogP contribution >= 0.6 is 0 Å². The molecule has 0 aliphatic rings. The Morgan fingerprint density at radius 3 is 2.73 bits per heavy atom. The van der Waals surface area contributed by atoms with Crippen molar-refractivity contribution < 1.29 is 19.4 Å². The van der Waals surface area contributed by atoms with Gasteiger partial charge in [0.15, 0.2) is 0 Å². The third-order valence-electron chi connectivity index (χ3n) is 1.96. The van der Waals surface area contributed by atoms with Crippen molar-refractivity contribution in [3.05, 3.63) is 0 Å². The van der Waals surface area contributed by atoms with Crippen LogP contribution in [-0.2, 0) is 14.3 Å². The zero-order chi connectivity index (χ0) is 11.5. The fourth-order valence-corrected chi connectivity index (χ4v) is 1.06. The number of methoxy groups -OCH3 is 1. The summed E-state index contributed by atoms with van der Waals surface area (Å²) in [6.07, 6.45) is 0.853. The summed E-state index contributed by atoms with van der Waals surface area (Å²) < 4.78 is 10.1. The number of rotatable bonds is 10. The second-order valence-corrected chi connectivity index (χ2v) is 3.39. The van der Waals surface area contributed by atoms with E-state index in [9.17, 15) is 4.79 Å². The van der Waals surface area contributed by atoms with Gasteiger partial charge in [-0.15, -0.1) is 0 Å². The molecule has 0 rings (SSSR count). The Hall–Kier alpha value is -0.650. The Balaban J connectivity index is 3.16. The topological polar surface area (TPSA) is 67.8 Å². The highest BCUT2D eigenvalue weighted by Gasteiger charge is 2.03. The smallest absolute Gasteiger partial charge is 0.303 e. The van der Waals surface area contributed by atoms with Crippen molar-refractivity contribution in [2.24, 2.45) is 0 Å². The second kappa shape index (κ2) is 9.89. The summed E-state index contributed by atoms with van der Waals surface area (Å²) in [6, 6.07) is 0.215. The summed E-state index contributed by atoms with van der Waals surface area (Å²) in [7, 11) is 1.63. The van der Waals surface area contributed by atoms with Gasteiger partial charge in [0.25, 0.3) is 0 Å². The molecule has 0 saturated carbocycles. The van der Waals surface area contributed by atoms with Crippen LogP contribution in [0.1, 0.15) is 19.8 Å². The summed E-state index contributed by atoms with van der Waals surface area (Å²) in [6.45, 7) is 4.54. The van der Waals surface area contributed by atoms with Gasteiger partial charge in [-0.25, -0.2) is 0 Å². The Bertz CT molecular complexity index is 164. The van der Waals surface area contributed by atoms with E-state index >= 15 is 0 Å². The second-order valence-electron chi connectivity index (χ2n) is 3.39. The molecule has 0 spiro atoms. The van der Waals surface area contributed by atoms with Gasteiger partial charge in [0.1, 0.15) is 0 Å². The molecule has 0 aromatic carbocycles. The number of aliphatic carboxylic acids is 1. The number of nitrogens with one attached hydrogen (secondary N) is 1. The zero-order valence-corrected chi connectivity index (χ0v) is 9.49. The number of carboxylic acids is 1. The van der Waals surface area contributed by atoms with Crippen molar-refractivity contribution in [3.8, 4) is 0 Å². The summed E-state index contributed by atoms with van der Waals surface area (Å²) >= 11 is 0. The highest BCUT2D eigenvalue weighted by molar-refractivity contribution is 5.66. The predicted octanol–water partition coefficient (Wildman–Crippen LogP) is 0.492. The first kappa shape index (κ1) is 14.3. The molecule has 0 bridgehead atoms. The van der Waals surface area contributed by atoms with E-state index in [0.29, 0.717) is 26.2 Å². The summed E-state index contributed by atoms with van der Waals surface area (Å²) in [4.78, 5) is 10.3. The zero-order valence-electron chi connectivity index (χ0n) is 9.49. The van der Waals surface area contributed by atoms with Gasteiger partial charge in [0, 0.05) is 26.1 Å². The van der Waals surface area contributed by atoms with Gasteiger partial charge in [-0.3, -0.25) is 4.79 Å². The van der Waals surface area contributed by atoms with Crippen molar-refractivity contribution >= 4 is 5.97 Å². The number of ether oxygens (including phenoxy) is 2. The lowest BCUT2D eigenvalue weighted by Crippen LogP contribution is -2.30. The number of carboxylic acid groups (broad SMARTS) is 1. The van der Waals surface area contributed by atoms with E-state index < -0.39 is 5.97 Å². The first-order valence-electron chi connectivity index (χ1n) is 5.18. The Kier molecular flexibility index (Phi) is 9.46. The number of carbonyl (C=O) groups is 1. The van der Waals surface area contributed by atoms with Crippen LogP contribution < -0.4 is 5.32 Å². The molecule has 0 saturated heterocycles. The largest absolute Gasteiger partial charge is 0.481 e. The molecule has 0 fully saturated rings. The van der Waals surface area contributed by atoms with E-state index in [-0.39, 0.29) is 12.5 Å². The molecule has 5 heteroatoms. The molecule has 2 N–H and O–H groups in total. The highest BCUT2D eigenvalue weighted by atomic mass is 16.5. The van der Waals surface area contributed by atoms with Crippen molar-refractivity contribution in [3.63, 3.8) is 0 Å². The quantitative estimate of drug-likeness (QED) is 0.523. The van der Waals surface area contributed by atoms with Crippen LogP contribution in [0.2, 0.25) is 0 Å². The molecule has 1 unspecified atom stereocenters. The lowest BCUT2D eigenvalue weighted by Gasteiger charge is -2.12. The molecule has 0 amide bonds. The minimum atomic E-state index is -0.750. The molecule has 90 valence electrons. The van der Waals surface area contributed by atoms with E-state index in [2.05, 4.69) is 5.32 Å². The lowest BCUT2D eigenvalue weighted by molar-refractivity contribution is -0.137. The van der Waals surface area contributed by atoms with E-state index in [4.69, 9.17) is 14.6 Å². The van der Waals surface area contributed by atoms with Crippen LogP contribution in [0.3, 0.4) is 0 Å². The SMILES string of the molecule is COCCOCCNC(C)CCC(=O)O. The molecule has 0 aliphatic carbocycles.